The van der Waals surface area contributed by atoms with Crippen molar-refractivity contribution in [3.63, 3.8) is 0 Å². The van der Waals surface area contributed by atoms with Crippen LogP contribution in [0.1, 0.15) is 12.5 Å². The summed E-state index contributed by atoms with van der Waals surface area (Å²) in [4.78, 5) is 13.6. The van der Waals surface area contributed by atoms with Crippen molar-refractivity contribution in [3.05, 3.63) is 42.5 Å². The molecule has 0 fully saturated rings. The standard InChI is InChI=1S/C15H20ClNO2/c1-4-9-19-14-7-5-13(6-8-14)11-17(3)15(18)12(2)10-16/h4-8,12H,1,9-11H2,2-3H3. The summed E-state index contributed by atoms with van der Waals surface area (Å²) in [5, 5.41) is 0. The summed E-state index contributed by atoms with van der Waals surface area (Å²) in [6, 6.07) is 7.69. The zero-order chi connectivity index (χ0) is 14.3. The van der Waals surface area contributed by atoms with Gasteiger partial charge in [-0.3, -0.25) is 4.79 Å². The predicted molar refractivity (Wildman–Crippen MR) is 78.5 cm³/mol. The summed E-state index contributed by atoms with van der Waals surface area (Å²) in [6.07, 6.45) is 1.70. The molecule has 0 aromatic heterocycles. The number of amides is 1. The van der Waals surface area contributed by atoms with Gasteiger partial charge in [-0.15, -0.1) is 11.6 Å². The van der Waals surface area contributed by atoms with Crippen LogP contribution in [0.3, 0.4) is 0 Å². The second-order valence-electron chi connectivity index (χ2n) is 4.49. The van der Waals surface area contributed by atoms with Gasteiger partial charge in [0.05, 0.1) is 0 Å². The molecule has 1 aromatic carbocycles. The van der Waals surface area contributed by atoms with E-state index in [0.29, 0.717) is 19.0 Å². The first kappa shape index (κ1) is 15.6. The third kappa shape index (κ3) is 4.95. The average molecular weight is 282 g/mol. The molecule has 1 rings (SSSR count). The number of nitrogens with zero attached hydrogens (tertiary/aromatic N) is 1. The Kier molecular flexibility index (Phi) is 6.43. The molecular weight excluding hydrogens is 262 g/mol. The van der Waals surface area contributed by atoms with Gasteiger partial charge < -0.3 is 9.64 Å². The molecule has 3 nitrogen and oxygen atoms in total. The van der Waals surface area contributed by atoms with Gasteiger partial charge in [-0.25, -0.2) is 0 Å². The van der Waals surface area contributed by atoms with Gasteiger partial charge in [0.25, 0.3) is 0 Å². The van der Waals surface area contributed by atoms with Crippen molar-refractivity contribution in [1.29, 1.82) is 0 Å². The van der Waals surface area contributed by atoms with Gasteiger partial charge in [0.15, 0.2) is 0 Å². The molecule has 0 saturated heterocycles. The van der Waals surface area contributed by atoms with Gasteiger partial charge in [-0.05, 0) is 17.7 Å². The van der Waals surface area contributed by atoms with E-state index < -0.39 is 0 Å². The quantitative estimate of drug-likeness (QED) is 0.568. The number of hydrogen-bond donors (Lipinski definition) is 0. The number of carbonyl (C=O) groups excluding carboxylic acids is 1. The Morgan fingerprint density at radius 2 is 2.11 bits per heavy atom. The van der Waals surface area contributed by atoms with E-state index in [1.54, 1.807) is 18.0 Å². The lowest BCUT2D eigenvalue weighted by Gasteiger charge is -2.20. The van der Waals surface area contributed by atoms with Crippen molar-refractivity contribution >= 4 is 17.5 Å². The first-order valence-electron chi connectivity index (χ1n) is 6.22. The maximum Gasteiger partial charge on any atom is 0.226 e. The summed E-state index contributed by atoms with van der Waals surface area (Å²) >= 11 is 5.69. The highest BCUT2D eigenvalue weighted by Gasteiger charge is 2.16. The molecule has 1 unspecified atom stereocenters. The number of halogens is 1. The van der Waals surface area contributed by atoms with E-state index in [-0.39, 0.29) is 11.8 Å². The van der Waals surface area contributed by atoms with E-state index >= 15 is 0 Å². The lowest BCUT2D eigenvalue weighted by Crippen LogP contribution is -2.31. The smallest absolute Gasteiger partial charge is 0.226 e. The largest absolute Gasteiger partial charge is 0.490 e. The van der Waals surface area contributed by atoms with Gasteiger partial charge in [0, 0.05) is 25.4 Å². The normalized spacial score (nSPS) is 11.7. The molecule has 1 aromatic rings. The molecule has 0 radical (unpaired) electrons. The van der Waals surface area contributed by atoms with Gasteiger partial charge in [0.1, 0.15) is 12.4 Å². The van der Waals surface area contributed by atoms with Crippen LogP contribution >= 0.6 is 11.6 Å². The number of carbonyl (C=O) groups is 1. The van der Waals surface area contributed by atoms with Crippen LogP contribution in [-0.4, -0.2) is 30.3 Å². The molecule has 19 heavy (non-hydrogen) atoms. The molecule has 1 atom stereocenters. The molecule has 104 valence electrons. The van der Waals surface area contributed by atoms with Gasteiger partial charge in [0.2, 0.25) is 5.91 Å². The maximum absolute atomic E-state index is 11.9. The molecule has 0 heterocycles. The van der Waals surface area contributed by atoms with Gasteiger partial charge in [-0.2, -0.15) is 0 Å². The van der Waals surface area contributed by atoms with Crippen molar-refractivity contribution in [3.8, 4) is 5.75 Å². The van der Waals surface area contributed by atoms with Crippen LogP contribution in [-0.2, 0) is 11.3 Å². The van der Waals surface area contributed by atoms with Crippen molar-refractivity contribution in [2.45, 2.75) is 13.5 Å². The van der Waals surface area contributed by atoms with E-state index in [2.05, 4.69) is 6.58 Å². The van der Waals surface area contributed by atoms with Crippen LogP contribution in [0.2, 0.25) is 0 Å². The summed E-state index contributed by atoms with van der Waals surface area (Å²) in [5.74, 6) is 1.05. The Bertz CT molecular complexity index is 417. The van der Waals surface area contributed by atoms with Crippen LogP contribution in [0.15, 0.2) is 36.9 Å². The van der Waals surface area contributed by atoms with E-state index in [9.17, 15) is 4.79 Å². The van der Waals surface area contributed by atoms with Gasteiger partial charge >= 0.3 is 0 Å². The Morgan fingerprint density at radius 3 is 2.63 bits per heavy atom. The van der Waals surface area contributed by atoms with E-state index in [1.807, 2.05) is 31.2 Å². The summed E-state index contributed by atoms with van der Waals surface area (Å²) in [6.45, 7) is 6.49. The number of ether oxygens (including phenoxy) is 1. The number of hydrogen-bond acceptors (Lipinski definition) is 2. The Labute approximate surface area is 119 Å². The first-order valence-corrected chi connectivity index (χ1v) is 6.75. The SMILES string of the molecule is C=CCOc1ccc(CN(C)C(=O)C(C)CCl)cc1. The molecule has 0 N–H and O–H groups in total. The second kappa shape index (κ2) is 7.85. The van der Waals surface area contributed by atoms with E-state index in [4.69, 9.17) is 16.3 Å². The molecule has 4 heteroatoms. The number of rotatable bonds is 7. The predicted octanol–water partition coefficient (Wildman–Crippen LogP) is 3.08. The molecule has 0 spiro atoms. The van der Waals surface area contributed by atoms with Crippen LogP contribution in [0, 0.1) is 5.92 Å². The molecular formula is C15H20ClNO2. The Morgan fingerprint density at radius 1 is 1.47 bits per heavy atom. The molecule has 0 saturated carbocycles. The fourth-order valence-corrected chi connectivity index (χ4v) is 1.77. The number of benzene rings is 1. The summed E-state index contributed by atoms with van der Waals surface area (Å²) < 4.78 is 5.40. The first-order chi connectivity index (χ1) is 9.08. The van der Waals surface area contributed by atoms with Crippen molar-refractivity contribution in [2.24, 2.45) is 5.92 Å². The fraction of sp³-hybridized carbons (Fsp3) is 0.400. The Hall–Kier alpha value is -1.48. The van der Waals surface area contributed by atoms with Crippen molar-refractivity contribution in [1.82, 2.24) is 4.90 Å². The highest BCUT2D eigenvalue weighted by Crippen LogP contribution is 2.14. The highest BCUT2D eigenvalue weighted by atomic mass is 35.5. The van der Waals surface area contributed by atoms with Crippen molar-refractivity contribution in [2.75, 3.05) is 19.5 Å². The lowest BCUT2D eigenvalue weighted by atomic mass is 10.1. The Balaban J connectivity index is 2.57. The lowest BCUT2D eigenvalue weighted by molar-refractivity contribution is -0.133. The average Bonchev–Trinajstić information content (AvgIpc) is 2.44. The highest BCUT2D eigenvalue weighted by molar-refractivity contribution is 6.19. The summed E-state index contributed by atoms with van der Waals surface area (Å²) in [5.41, 5.74) is 1.06. The van der Waals surface area contributed by atoms with Crippen LogP contribution in [0.4, 0.5) is 0 Å². The third-order valence-corrected chi connectivity index (χ3v) is 3.20. The third-order valence-electron chi connectivity index (χ3n) is 2.74. The fourth-order valence-electron chi connectivity index (χ4n) is 1.64. The topological polar surface area (TPSA) is 29.5 Å². The second-order valence-corrected chi connectivity index (χ2v) is 4.80. The van der Waals surface area contributed by atoms with Crippen LogP contribution in [0.25, 0.3) is 0 Å². The van der Waals surface area contributed by atoms with E-state index in [0.717, 1.165) is 11.3 Å². The van der Waals surface area contributed by atoms with E-state index in [1.165, 1.54) is 0 Å². The maximum atomic E-state index is 11.9. The minimum absolute atomic E-state index is 0.0574. The van der Waals surface area contributed by atoms with Crippen molar-refractivity contribution < 1.29 is 9.53 Å². The molecule has 0 aliphatic rings. The van der Waals surface area contributed by atoms with Crippen LogP contribution < -0.4 is 4.74 Å². The number of alkyl halides is 1. The zero-order valence-corrected chi connectivity index (χ0v) is 12.2. The minimum Gasteiger partial charge on any atom is -0.490 e. The molecule has 0 bridgehead atoms. The van der Waals surface area contributed by atoms with Crippen LogP contribution in [0.5, 0.6) is 5.75 Å². The molecule has 0 aliphatic carbocycles. The zero-order valence-electron chi connectivity index (χ0n) is 11.4. The van der Waals surface area contributed by atoms with Gasteiger partial charge in [-0.1, -0.05) is 31.7 Å². The monoisotopic (exact) mass is 281 g/mol. The summed E-state index contributed by atoms with van der Waals surface area (Å²) in [7, 11) is 1.79. The molecule has 1 amide bonds. The minimum atomic E-state index is -0.151. The molecule has 0 aliphatic heterocycles.